The summed E-state index contributed by atoms with van der Waals surface area (Å²) in [7, 11) is 0. The Kier molecular flexibility index (Phi) is 8.87. The zero-order valence-corrected chi connectivity index (χ0v) is 15.8. The van der Waals surface area contributed by atoms with Gasteiger partial charge in [-0.05, 0) is 58.2 Å². The molecule has 0 spiro atoms. The number of nitrogens with zero attached hydrogens (tertiary/aromatic N) is 1. The zero-order chi connectivity index (χ0) is 19.8. The van der Waals surface area contributed by atoms with E-state index in [4.69, 9.17) is 21.7 Å². The summed E-state index contributed by atoms with van der Waals surface area (Å²) in [6, 6.07) is -1.20. The van der Waals surface area contributed by atoms with Crippen molar-refractivity contribution in [2.75, 3.05) is 19.6 Å². The topological polar surface area (TPSA) is 166 Å². The van der Waals surface area contributed by atoms with Crippen molar-refractivity contribution in [2.45, 2.75) is 75.5 Å². The lowest BCUT2D eigenvalue weighted by molar-refractivity contribution is -0.139. The molecule has 5 atom stereocenters. The maximum Gasteiger partial charge on any atom is 0.320 e. The van der Waals surface area contributed by atoms with Crippen molar-refractivity contribution < 1.29 is 19.8 Å². The number of carboxylic acids is 2. The van der Waals surface area contributed by atoms with Crippen molar-refractivity contribution in [1.82, 2.24) is 20.9 Å². The van der Waals surface area contributed by atoms with Crippen LogP contribution in [0, 0.1) is 0 Å². The summed E-state index contributed by atoms with van der Waals surface area (Å²) in [5.41, 5.74) is 11.1. The molecule has 3 unspecified atom stereocenters. The molecular weight excluding hydrogens is 352 g/mol. The molecule has 9 N–H and O–H groups in total. The molecule has 0 radical (unpaired) electrons. The van der Waals surface area contributed by atoms with Gasteiger partial charge < -0.3 is 21.7 Å². The largest absolute Gasteiger partial charge is 0.480 e. The molecule has 0 aromatic rings. The van der Waals surface area contributed by atoms with Crippen LogP contribution in [0.25, 0.3) is 0 Å². The van der Waals surface area contributed by atoms with Gasteiger partial charge in [0.1, 0.15) is 18.4 Å². The maximum absolute atomic E-state index is 10.8. The average Bonchev–Trinajstić information content (AvgIpc) is 3.05. The van der Waals surface area contributed by atoms with E-state index in [1.165, 1.54) is 0 Å². The Morgan fingerprint density at radius 2 is 1.74 bits per heavy atom. The lowest BCUT2D eigenvalue weighted by Gasteiger charge is -2.36. The summed E-state index contributed by atoms with van der Waals surface area (Å²) in [4.78, 5) is 23.9. The van der Waals surface area contributed by atoms with E-state index in [9.17, 15) is 9.59 Å². The van der Waals surface area contributed by atoms with Gasteiger partial charge in [0.05, 0.1) is 6.17 Å². The Bertz CT molecular complexity index is 494. The molecule has 2 aliphatic heterocycles. The van der Waals surface area contributed by atoms with Crippen molar-refractivity contribution in [3.8, 4) is 0 Å². The smallest absolute Gasteiger partial charge is 0.320 e. The van der Waals surface area contributed by atoms with Gasteiger partial charge in [0.15, 0.2) is 0 Å². The van der Waals surface area contributed by atoms with Crippen LogP contribution in [-0.2, 0) is 9.59 Å². The molecule has 27 heavy (non-hydrogen) atoms. The number of fused-ring (bicyclic) bond motifs is 1. The van der Waals surface area contributed by atoms with Crippen LogP contribution >= 0.6 is 0 Å². The quantitative estimate of drug-likeness (QED) is 0.199. The van der Waals surface area contributed by atoms with Crippen LogP contribution in [0.1, 0.15) is 44.9 Å². The third-order valence-electron chi connectivity index (χ3n) is 5.34. The molecule has 10 heteroatoms. The monoisotopic (exact) mass is 386 g/mol. The van der Waals surface area contributed by atoms with E-state index >= 15 is 0 Å². The number of nitrogens with one attached hydrogen (secondary N) is 3. The standard InChI is InChI=1S/C17H34N6O4/c18-11(15(24)25)5-1-2-9-23-10-4-7-13-14(23)22-17(21-13)20-8-3-6-12(19)16(26)27/h11-14,17,20-22H,1-10,18-19H2,(H,24,25)(H,26,27)/t11-,12-,13?,14?,17?/m0/s1. The molecule has 156 valence electrons. The number of rotatable bonds is 12. The zero-order valence-electron chi connectivity index (χ0n) is 15.8. The van der Waals surface area contributed by atoms with Gasteiger partial charge in [-0.25, -0.2) is 0 Å². The fourth-order valence-electron chi connectivity index (χ4n) is 3.76. The molecule has 2 saturated heterocycles. The van der Waals surface area contributed by atoms with Gasteiger partial charge in [0.2, 0.25) is 0 Å². The highest BCUT2D eigenvalue weighted by atomic mass is 16.4. The first-order chi connectivity index (χ1) is 12.9. The molecule has 2 aliphatic rings. The number of carbonyl (C=O) groups is 2. The van der Waals surface area contributed by atoms with Crippen LogP contribution in [0.2, 0.25) is 0 Å². The van der Waals surface area contributed by atoms with Crippen molar-refractivity contribution in [3.63, 3.8) is 0 Å². The van der Waals surface area contributed by atoms with Crippen LogP contribution < -0.4 is 27.4 Å². The Morgan fingerprint density at radius 1 is 1.07 bits per heavy atom. The summed E-state index contributed by atoms with van der Waals surface area (Å²) in [5.74, 6) is -1.90. The molecule has 2 heterocycles. The Morgan fingerprint density at radius 3 is 2.41 bits per heavy atom. The minimum Gasteiger partial charge on any atom is -0.480 e. The predicted molar refractivity (Wildman–Crippen MR) is 101 cm³/mol. The van der Waals surface area contributed by atoms with Crippen LogP contribution in [0.15, 0.2) is 0 Å². The van der Waals surface area contributed by atoms with Crippen LogP contribution in [-0.4, -0.2) is 77.3 Å². The van der Waals surface area contributed by atoms with Gasteiger partial charge in [-0.15, -0.1) is 0 Å². The number of hydrogen-bond acceptors (Lipinski definition) is 8. The van der Waals surface area contributed by atoms with Crippen LogP contribution in [0.5, 0.6) is 0 Å². The number of likely N-dealkylation sites (tertiary alicyclic amines) is 1. The molecule has 2 fully saturated rings. The van der Waals surface area contributed by atoms with Gasteiger partial charge in [-0.2, -0.15) is 0 Å². The number of carboxylic acid groups (broad SMARTS) is 2. The number of piperidine rings is 1. The Labute approximate surface area is 160 Å². The predicted octanol–water partition coefficient (Wildman–Crippen LogP) is -1.38. The molecule has 0 aromatic carbocycles. The van der Waals surface area contributed by atoms with Crippen LogP contribution in [0.4, 0.5) is 0 Å². The first kappa shape index (κ1) is 22.0. The van der Waals surface area contributed by atoms with Gasteiger partial charge >= 0.3 is 11.9 Å². The molecular formula is C17H34N6O4. The normalized spacial score (nSPS) is 27.9. The molecule has 0 amide bonds. The van der Waals surface area contributed by atoms with E-state index in [1.54, 1.807) is 0 Å². The third-order valence-corrected chi connectivity index (χ3v) is 5.34. The fourth-order valence-corrected chi connectivity index (χ4v) is 3.76. The second-order valence-corrected chi connectivity index (χ2v) is 7.48. The van der Waals surface area contributed by atoms with Crippen molar-refractivity contribution in [3.05, 3.63) is 0 Å². The molecule has 0 aromatic heterocycles. The van der Waals surface area contributed by atoms with Crippen molar-refractivity contribution in [2.24, 2.45) is 11.5 Å². The molecule has 0 saturated carbocycles. The molecule has 10 nitrogen and oxygen atoms in total. The highest BCUT2D eigenvalue weighted by Gasteiger charge is 2.38. The maximum atomic E-state index is 10.8. The number of nitrogens with two attached hydrogens (primary N) is 2. The van der Waals surface area contributed by atoms with E-state index in [1.807, 2.05) is 0 Å². The second kappa shape index (κ2) is 10.9. The molecule has 0 aliphatic carbocycles. The first-order valence-electron chi connectivity index (χ1n) is 9.85. The number of unbranched alkanes of at least 4 members (excludes halogenated alkanes) is 1. The van der Waals surface area contributed by atoms with E-state index < -0.39 is 24.0 Å². The Hall–Kier alpha value is -1.30. The SMILES string of the molecule is N[C@@H](CCCCN1CCCC2NC(NCCC[C@H](N)C(=O)O)NC21)C(=O)O. The van der Waals surface area contributed by atoms with E-state index in [2.05, 4.69) is 20.9 Å². The lowest BCUT2D eigenvalue weighted by atomic mass is 10.0. The molecule has 0 bridgehead atoms. The summed E-state index contributed by atoms with van der Waals surface area (Å²) in [6.45, 7) is 2.64. The Balaban J connectivity index is 1.66. The third kappa shape index (κ3) is 6.98. The van der Waals surface area contributed by atoms with Gasteiger partial charge in [-0.1, -0.05) is 6.42 Å². The first-order valence-corrected chi connectivity index (χ1v) is 9.85. The summed E-state index contributed by atoms with van der Waals surface area (Å²) >= 11 is 0. The lowest BCUT2D eigenvalue weighted by Crippen LogP contribution is -2.53. The van der Waals surface area contributed by atoms with Gasteiger partial charge in [0, 0.05) is 6.04 Å². The number of aliphatic carboxylic acids is 2. The minimum absolute atomic E-state index is 0.00193. The summed E-state index contributed by atoms with van der Waals surface area (Å²) in [6.07, 6.45) is 5.89. The highest BCUT2D eigenvalue weighted by Crippen LogP contribution is 2.21. The van der Waals surface area contributed by atoms with Gasteiger partial charge in [-0.3, -0.25) is 30.4 Å². The van der Waals surface area contributed by atoms with Gasteiger partial charge in [0.25, 0.3) is 0 Å². The van der Waals surface area contributed by atoms with Crippen molar-refractivity contribution in [1.29, 1.82) is 0 Å². The minimum atomic E-state index is -0.960. The van der Waals surface area contributed by atoms with Crippen LogP contribution in [0.3, 0.4) is 0 Å². The van der Waals surface area contributed by atoms with Crippen molar-refractivity contribution >= 4 is 11.9 Å². The van der Waals surface area contributed by atoms with E-state index in [0.29, 0.717) is 31.8 Å². The summed E-state index contributed by atoms with van der Waals surface area (Å²) in [5, 5.41) is 28.1. The summed E-state index contributed by atoms with van der Waals surface area (Å²) < 4.78 is 0. The molecule has 2 rings (SSSR count). The highest BCUT2D eigenvalue weighted by molar-refractivity contribution is 5.73. The second-order valence-electron chi connectivity index (χ2n) is 7.48. The number of hydrogen-bond donors (Lipinski definition) is 7. The fraction of sp³-hybridized carbons (Fsp3) is 0.882. The van der Waals surface area contributed by atoms with E-state index in [-0.39, 0.29) is 12.5 Å². The average molecular weight is 386 g/mol. The van der Waals surface area contributed by atoms with E-state index in [0.717, 1.165) is 38.8 Å².